The van der Waals surface area contributed by atoms with E-state index in [2.05, 4.69) is 10.3 Å². The van der Waals surface area contributed by atoms with Crippen LogP contribution in [-0.4, -0.2) is 51.8 Å². The molecule has 9 heteroatoms. The van der Waals surface area contributed by atoms with E-state index in [1.807, 2.05) is 29.2 Å². The topological polar surface area (TPSA) is 82.5 Å². The summed E-state index contributed by atoms with van der Waals surface area (Å²) in [6, 6.07) is 7.90. The van der Waals surface area contributed by atoms with Crippen molar-refractivity contribution in [1.82, 2.24) is 15.2 Å². The van der Waals surface area contributed by atoms with Crippen molar-refractivity contribution < 1.29 is 14.7 Å². The van der Waals surface area contributed by atoms with Gasteiger partial charge < -0.3 is 15.3 Å². The number of thioether (sulfide) groups is 1. The van der Waals surface area contributed by atoms with Crippen molar-refractivity contribution in [3.8, 4) is 0 Å². The number of carboxylic acid groups (broad SMARTS) is 1. The minimum Gasteiger partial charge on any atom is -0.476 e. The van der Waals surface area contributed by atoms with E-state index in [-0.39, 0.29) is 17.6 Å². The molecule has 0 bridgehead atoms. The van der Waals surface area contributed by atoms with E-state index in [4.69, 9.17) is 16.7 Å². The van der Waals surface area contributed by atoms with E-state index in [0.29, 0.717) is 29.6 Å². The zero-order valence-electron chi connectivity index (χ0n) is 14.6. The predicted molar refractivity (Wildman–Crippen MR) is 108 cm³/mol. The number of halogens is 1. The molecule has 0 radical (unpaired) electrons. The third-order valence-corrected chi connectivity index (χ3v) is 6.74. The van der Waals surface area contributed by atoms with Gasteiger partial charge in [0.05, 0.1) is 0 Å². The standard InChI is InChI=1S/C18H20ClN3O3S2/c19-14-4-2-1-3-12(14)9-20-10-13-5-6-16(23)22(13)7-8-26-18-21-15(11-27-18)17(24)25/h1-4,11,13,20H,5-10H2,(H,24,25)/t13-/m1/s1. The fourth-order valence-corrected chi connectivity index (χ4v) is 4.99. The van der Waals surface area contributed by atoms with Crippen LogP contribution in [0.1, 0.15) is 28.9 Å². The molecule has 3 rings (SSSR count). The van der Waals surface area contributed by atoms with Crippen LogP contribution in [0.4, 0.5) is 0 Å². The van der Waals surface area contributed by atoms with E-state index in [0.717, 1.165) is 23.6 Å². The van der Waals surface area contributed by atoms with Crippen LogP contribution in [0.5, 0.6) is 0 Å². The van der Waals surface area contributed by atoms with Crippen LogP contribution in [0.15, 0.2) is 34.0 Å². The highest BCUT2D eigenvalue weighted by Crippen LogP contribution is 2.25. The van der Waals surface area contributed by atoms with E-state index in [1.54, 1.807) is 0 Å². The van der Waals surface area contributed by atoms with Gasteiger partial charge in [-0.3, -0.25) is 4.79 Å². The summed E-state index contributed by atoms with van der Waals surface area (Å²) in [7, 11) is 0. The number of hydrogen-bond donors (Lipinski definition) is 2. The number of nitrogens with zero attached hydrogens (tertiary/aromatic N) is 2. The Balaban J connectivity index is 1.46. The van der Waals surface area contributed by atoms with Gasteiger partial charge in [0.25, 0.3) is 0 Å². The zero-order chi connectivity index (χ0) is 19.2. The molecule has 2 aromatic rings. The van der Waals surface area contributed by atoms with Gasteiger partial charge in [-0.25, -0.2) is 9.78 Å². The van der Waals surface area contributed by atoms with Gasteiger partial charge in [0.1, 0.15) is 0 Å². The molecule has 1 aromatic carbocycles. The number of carbonyl (C=O) groups is 2. The van der Waals surface area contributed by atoms with Gasteiger partial charge in [-0.2, -0.15) is 0 Å². The van der Waals surface area contributed by atoms with E-state index in [9.17, 15) is 9.59 Å². The normalized spacial score (nSPS) is 16.9. The molecule has 144 valence electrons. The van der Waals surface area contributed by atoms with Gasteiger partial charge in [-0.1, -0.05) is 41.6 Å². The third-order valence-electron chi connectivity index (χ3n) is 4.37. The number of hydrogen-bond acceptors (Lipinski definition) is 6. The molecule has 0 aliphatic carbocycles. The Morgan fingerprint density at radius 2 is 2.26 bits per heavy atom. The smallest absolute Gasteiger partial charge is 0.355 e. The highest BCUT2D eigenvalue weighted by atomic mass is 35.5. The molecule has 1 aliphatic rings. The lowest BCUT2D eigenvalue weighted by molar-refractivity contribution is -0.128. The molecule has 2 heterocycles. The summed E-state index contributed by atoms with van der Waals surface area (Å²) in [5, 5.41) is 14.6. The van der Waals surface area contributed by atoms with Gasteiger partial charge in [0, 0.05) is 48.3 Å². The number of nitrogens with one attached hydrogen (secondary N) is 1. The SMILES string of the molecule is O=C(O)c1csc(SCCN2C(=O)CC[C@@H]2CNCc2ccccc2Cl)n1. The second kappa shape index (κ2) is 9.54. The van der Waals surface area contributed by atoms with Gasteiger partial charge >= 0.3 is 5.97 Å². The average molecular weight is 426 g/mol. The van der Waals surface area contributed by atoms with Crippen LogP contribution in [0.25, 0.3) is 0 Å². The summed E-state index contributed by atoms with van der Waals surface area (Å²) in [5.74, 6) is -0.151. The number of rotatable bonds is 9. The number of carboxylic acids is 1. The second-order valence-electron chi connectivity index (χ2n) is 6.15. The molecular formula is C18H20ClN3O3S2. The molecular weight excluding hydrogens is 406 g/mol. The summed E-state index contributed by atoms with van der Waals surface area (Å²) in [6.45, 7) is 2.02. The Labute approximate surface area is 170 Å². The Kier molecular flexibility index (Phi) is 7.12. The molecule has 1 aliphatic heterocycles. The van der Waals surface area contributed by atoms with Crippen molar-refractivity contribution in [2.45, 2.75) is 29.8 Å². The first kappa shape index (κ1) is 20.1. The maximum atomic E-state index is 12.2. The van der Waals surface area contributed by atoms with Gasteiger partial charge in [0.15, 0.2) is 10.0 Å². The average Bonchev–Trinajstić information content (AvgIpc) is 3.25. The van der Waals surface area contributed by atoms with Crippen LogP contribution in [0, 0.1) is 0 Å². The van der Waals surface area contributed by atoms with Crippen molar-refractivity contribution in [2.75, 3.05) is 18.8 Å². The first-order chi connectivity index (χ1) is 13.0. The maximum absolute atomic E-state index is 12.2. The third kappa shape index (κ3) is 5.44. The molecule has 27 heavy (non-hydrogen) atoms. The predicted octanol–water partition coefficient (Wildman–Crippen LogP) is 3.37. The number of likely N-dealkylation sites (tertiary alicyclic amines) is 1. The molecule has 0 spiro atoms. The zero-order valence-corrected chi connectivity index (χ0v) is 16.9. The summed E-state index contributed by atoms with van der Waals surface area (Å²) in [4.78, 5) is 29.0. The molecule has 0 saturated carbocycles. The van der Waals surface area contributed by atoms with Crippen LogP contribution in [0.2, 0.25) is 5.02 Å². The van der Waals surface area contributed by atoms with Crippen molar-refractivity contribution in [2.24, 2.45) is 0 Å². The highest BCUT2D eigenvalue weighted by molar-refractivity contribution is 8.01. The van der Waals surface area contributed by atoms with Crippen LogP contribution >= 0.6 is 34.7 Å². The quantitative estimate of drug-likeness (QED) is 0.599. The fraction of sp³-hybridized carbons (Fsp3) is 0.389. The number of benzene rings is 1. The summed E-state index contributed by atoms with van der Waals surface area (Å²) in [5.41, 5.74) is 1.12. The van der Waals surface area contributed by atoms with E-state index < -0.39 is 5.97 Å². The minimum atomic E-state index is -1.02. The van der Waals surface area contributed by atoms with Crippen LogP contribution in [0.3, 0.4) is 0 Å². The molecule has 1 fully saturated rings. The van der Waals surface area contributed by atoms with Crippen molar-refractivity contribution in [3.63, 3.8) is 0 Å². The van der Waals surface area contributed by atoms with Gasteiger partial charge in [-0.15, -0.1) is 11.3 Å². The highest BCUT2D eigenvalue weighted by Gasteiger charge is 2.30. The van der Waals surface area contributed by atoms with Crippen molar-refractivity contribution in [3.05, 3.63) is 45.9 Å². The molecule has 1 atom stereocenters. The van der Waals surface area contributed by atoms with Crippen molar-refractivity contribution >= 4 is 46.6 Å². The fourth-order valence-electron chi connectivity index (χ4n) is 2.98. The Morgan fingerprint density at radius 1 is 1.44 bits per heavy atom. The maximum Gasteiger partial charge on any atom is 0.355 e. The molecule has 0 unspecified atom stereocenters. The second-order valence-corrected chi connectivity index (χ2v) is 8.76. The molecule has 6 nitrogen and oxygen atoms in total. The number of amides is 1. The Hall–Kier alpha value is -1.61. The van der Waals surface area contributed by atoms with Crippen LogP contribution < -0.4 is 5.32 Å². The van der Waals surface area contributed by atoms with E-state index >= 15 is 0 Å². The number of thiazole rings is 1. The molecule has 1 saturated heterocycles. The Bertz CT molecular complexity index is 815. The first-order valence-electron chi connectivity index (χ1n) is 8.60. The summed E-state index contributed by atoms with van der Waals surface area (Å²) in [6.07, 6.45) is 1.42. The van der Waals surface area contributed by atoms with Crippen LogP contribution in [-0.2, 0) is 11.3 Å². The minimum absolute atomic E-state index is 0.0707. The first-order valence-corrected chi connectivity index (χ1v) is 10.8. The Morgan fingerprint density at radius 3 is 3.00 bits per heavy atom. The summed E-state index contributed by atoms with van der Waals surface area (Å²) >= 11 is 8.97. The van der Waals surface area contributed by atoms with Crippen molar-refractivity contribution in [1.29, 1.82) is 0 Å². The van der Waals surface area contributed by atoms with E-state index in [1.165, 1.54) is 28.5 Å². The lowest BCUT2D eigenvalue weighted by Crippen LogP contribution is -2.41. The summed E-state index contributed by atoms with van der Waals surface area (Å²) < 4.78 is 0.715. The number of aromatic carboxylic acids is 1. The molecule has 1 amide bonds. The lowest BCUT2D eigenvalue weighted by atomic mass is 10.2. The molecule has 2 N–H and O–H groups in total. The number of aromatic nitrogens is 1. The largest absolute Gasteiger partial charge is 0.476 e. The van der Waals surface area contributed by atoms with Gasteiger partial charge in [0.2, 0.25) is 5.91 Å². The monoisotopic (exact) mass is 425 g/mol. The lowest BCUT2D eigenvalue weighted by Gasteiger charge is -2.25. The number of carbonyl (C=O) groups excluding carboxylic acids is 1. The van der Waals surface area contributed by atoms with Gasteiger partial charge in [-0.05, 0) is 18.1 Å². The molecule has 1 aromatic heterocycles.